The highest BCUT2D eigenvalue weighted by Gasteiger charge is 2.25. The van der Waals surface area contributed by atoms with Crippen molar-refractivity contribution in [2.45, 2.75) is 6.92 Å². The van der Waals surface area contributed by atoms with Crippen molar-refractivity contribution in [2.24, 2.45) is 4.99 Å². The van der Waals surface area contributed by atoms with Gasteiger partial charge in [-0.1, -0.05) is 29.3 Å². The lowest BCUT2D eigenvalue weighted by atomic mass is 10.1. The highest BCUT2D eigenvalue weighted by Crippen LogP contribution is 2.35. The Morgan fingerprint density at radius 3 is 2.74 bits per heavy atom. The van der Waals surface area contributed by atoms with Gasteiger partial charge < -0.3 is 9.73 Å². The Kier molecular flexibility index (Phi) is 5.86. The molecule has 1 aliphatic rings. The predicted molar refractivity (Wildman–Crippen MR) is 123 cm³/mol. The topological polar surface area (TPSA) is 97.7 Å². The molecule has 0 radical (unpaired) electrons. The lowest BCUT2D eigenvalue weighted by Gasteiger charge is -2.02. The Bertz CT molecular complexity index is 1280. The number of carbonyl (C=O) groups is 1. The van der Waals surface area contributed by atoms with Crippen LogP contribution in [0.2, 0.25) is 10.0 Å². The summed E-state index contributed by atoms with van der Waals surface area (Å²) in [4.78, 5) is 27.5. The van der Waals surface area contributed by atoms with Crippen molar-refractivity contribution in [2.75, 3.05) is 0 Å². The van der Waals surface area contributed by atoms with Gasteiger partial charge in [-0.05, 0) is 54.6 Å². The van der Waals surface area contributed by atoms with Crippen molar-refractivity contribution in [3.8, 4) is 11.3 Å². The number of nitrogens with zero attached hydrogens (tertiary/aromatic N) is 2. The molecule has 4 rings (SSSR count). The van der Waals surface area contributed by atoms with Crippen molar-refractivity contribution >= 4 is 63.5 Å². The van der Waals surface area contributed by atoms with Gasteiger partial charge in [0.25, 0.3) is 11.6 Å². The summed E-state index contributed by atoms with van der Waals surface area (Å²) in [6, 6.07) is 13.1. The molecular weight excluding hydrogens is 461 g/mol. The summed E-state index contributed by atoms with van der Waals surface area (Å²) in [5.74, 6) is 0.695. The van der Waals surface area contributed by atoms with Gasteiger partial charge in [0.2, 0.25) is 0 Å². The Morgan fingerprint density at radius 1 is 1.19 bits per heavy atom. The fraction of sp³-hybridized carbons (Fsp3) is 0.0476. The van der Waals surface area contributed by atoms with Crippen molar-refractivity contribution in [1.82, 2.24) is 5.32 Å². The molecule has 31 heavy (non-hydrogen) atoms. The zero-order valence-corrected chi connectivity index (χ0v) is 18.2. The number of aryl methyl sites for hydroxylation is 1. The number of nitro benzene ring substituents is 1. The highest BCUT2D eigenvalue weighted by molar-refractivity contribution is 8.18. The second-order valence-corrected chi connectivity index (χ2v) is 8.33. The van der Waals surface area contributed by atoms with E-state index in [1.165, 1.54) is 12.1 Å². The molecular formula is C21H13Cl2N3O4S. The van der Waals surface area contributed by atoms with Crippen LogP contribution in [-0.2, 0) is 4.79 Å². The minimum atomic E-state index is -0.444. The zero-order valence-electron chi connectivity index (χ0n) is 15.9. The molecule has 156 valence electrons. The molecule has 1 aromatic heterocycles. The van der Waals surface area contributed by atoms with Gasteiger partial charge >= 0.3 is 0 Å². The molecule has 1 aliphatic heterocycles. The molecule has 1 fully saturated rings. The Balaban J connectivity index is 1.57. The quantitative estimate of drug-likeness (QED) is 0.270. The first-order valence-corrected chi connectivity index (χ1v) is 10.5. The first kappa shape index (κ1) is 21.2. The number of nitro groups is 1. The van der Waals surface area contributed by atoms with E-state index < -0.39 is 4.92 Å². The number of hydrogen-bond acceptors (Lipinski definition) is 6. The van der Waals surface area contributed by atoms with Crippen LogP contribution in [0.5, 0.6) is 0 Å². The molecule has 2 aromatic carbocycles. The van der Waals surface area contributed by atoms with E-state index >= 15 is 0 Å². The van der Waals surface area contributed by atoms with E-state index in [0.717, 1.165) is 17.3 Å². The molecule has 0 spiro atoms. The first-order chi connectivity index (χ1) is 14.8. The van der Waals surface area contributed by atoms with E-state index in [-0.39, 0.29) is 11.6 Å². The third-order valence-electron chi connectivity index (χ3n) is 4.39. The summed E-state index contributed by atoms with van der Waals surface area (Å²) in [5.41, 5.74) is 1.91. The number of furan rings is 1. The number of halogens is 2. The van der Waals surface area contributed by atoms with Crippen LogP contribution in [0, 0.1) is 17.0 Å². The van der Waals surface area contributed by atoms with Crippen molar-refractivity contribution in [3.63, 3.8) is 0 Å². The van der Waals surface area contributed by atoms with E-state index in [9.17, 15) is 14.9 Å². The van der Waals surface area contributed by atoms with E-state index in [2.05, 4.69) is 10.3 Å². The van der Waals surface area contributed by atoms with Crippen molar-refractivity contribution in [1.29, 1.82) is 0 Å². The minimum absolute atomic E-state index is 0.0146. The summed E-state index contributed by atoms with van der Waals surface area (Å²) in [6.45, 7) is 1.77. The van der Waals surface area contributed by atoms with E-state index in [0.29, 0.717) is 42.9 Å². The number of carbonyl (C=O) groups excluding carboxylic acids is 1. The third-order valence-corrected chi connectivity index (χ3v) is 6.11. The average Bonchev–Trinajstić information content (AvgIpc) is 3.32. The Hall–Kier alpha value is -3.07. The number of thioether (sulfide) groups is 1. The number of aliphatic imine (C=N–C) groups is 1. The van der Waals surface area contributed by atoms with Crippen LogP contribution in [0.15, 0.2) is 62.8 Å². The molecule has 0 aliphatic carbocycles. The van der Waals surface area contributed by atoms with Gasteiger partial charge in [-0.2, -0.15) is 0 Å². The second-order valence-electron chi connectivity index (χ2n) is 6.51. The third kappa shape index (κ3) is 4.51. The zero-order chi connectivity index (χ0) is 22.1. The van der Waals surface area contributed by atoms with Crippen molar-refractivity contribution < 1.29 is 14.1 Å². The van der Waals surface area contributed by atoms with E-state index in [4.69, 9.17) is 27.6 Å². The van der Waals surface area contributed by atoms with Crippen LogP contribution >= 0.6 is 35.0 Å². The summed E-state index contributed by atoms with van der Waals surface area (Å²) < 4.78 is 5.83. The Labute approximate surface area is 190 Å². The molecule has 2 heterocycles. The number of benzene rings is 2. The predicted octanol–water partition coefficient (Wildman–Crippen LogP) is 6.36. The minimum Gasteiger partial charge on any atom is -0.457 e. The monoisotopic (exact) mass is 473 g/mol. The van der Waals surface area contributed by atoms with Gasteiger partial charge in [-0.15, -0.1) is 0 Å². The van der Waals surface area contributed by atoms with Crippen LogP contribution in [0.4, 0.5) is 11.4 Å². The highest BCUT2D eigenvalue weighted by atomic mass is 35.5. The number of hydrogen-bond donors (Lipinski definition) is 1. The van der Waals surface area contributed by atoms with Gasteiger partial charge in [0.1, 0.15) is 11.5 Å². The number of non-ortho nitro benzene ring substituents is 1. The molecule has 0 unspecified atom stereocenters. The van der Waals surface area contributed by atoms with Crippen LogP contribution < -0.4 is 5.32 Å². The maximum atomic E-state index is 12.3. The Morgan fingerprint density at radius 2 is 2.00 bits per heavy atom. The maximum absolute atomic E-state index is 12.3. The van der Waals surface area contributed by atoms with Gasteiger partial charge in [0.15, 0.2) is 5.17 Å². The lowest BCUT2D eigenvalue weighted by molar-refractivity contribution is -0.384. The summed E-state index contributed by atoms with van der Waals surface area (Å²) >= 11 is 13.3. The summed E-state index contributed by atoms with van der Waals surface area (Å²) in [5, 5.41) is 14.6. The lowest BCUT2D eigenvalue weighted by Crippen LogP contribution is -2.19. The fourth-order valence-electron chi connectivity index (χ4n) is 2.91. The van der Waals surface area contributed by atoms with E-state index in [1.807, 2.05) is 0 Å². The number of nitrogens with one attached hydrogen (secondary N) is 1. The van der Waals surface area contributed by atoms with Gasteiger partial charge in [0, 0.05) is 23.8 Å². The summed E-state index contributed by atoms with van der Waals surface area (Å²) in [7, 11) is 0. The first-order valence-electron chi connectivity index (χ1n) is 8.90. The number of rotatable bonds is 4. The van der Waals surface area contributed by atoms with Gasteiger partial charge in [-0.3, -0.25) is 14.9 Å². The fourth-order valence-corrected chi connectivity index (χ4v) is 4.06. The molecule has 1 saturated heterocycles. The van der Waals surface area contributed by atoms with Gasteiger partial charge in [-0.25, -0.2) is 4.99 Å². The molecule has 0 bridgehead atoms. The molecule has 1 N–H and O–H groups in total. The molecule has 10 heteroatoms. The molecule has 7 nitrogen and oxygen atoms in total. The molecule has 0 saturated carbocycles. The van der Waals surface area contributed by atoms with Crippen LogP contribution in [0.1, 0.15) is 11.3 Å². The van der Waals surface area contributed by atoms with Crippen LogP contribution in [0.3, 0.4) is 0 Å². The maximum Gasteiger partial charge on any atom is 0.269 e. The molecule has 3 aromatic rings. The average molecular weight is 474 g/mol. The SMILES string of the molecule is Cc1cc([N+](=O)[O-])ccc1-c1ccc(/C=C2\SC(=Nc3cccc(Cl)c3Cl)NC2=O)o1. The van der Waals surface area contributed by atoms with E-state index in [1.54, 1.807) is 49.4 Å². The molecule has 0 atom stereocenters. The van der Waals surface area contributed by atoms with Crippen LogP contribution in [0.25, 0.3) is 17.4 Å². The van der Waals surface area contributed by atoms with Crippen molar-refractivity contribution in [3.05, 3.63) is 84.9 Å². The van der Waals surface area contributed by atoms with Gasteiger partial charge in [0.05, 0.1) is 25.6 Å². The number of amidine groups is 1. The smallest absolute Gasteiger partial charge is 0.269 e. The van der Waals surface area contributed by atoms with Crippen LogP contribution in [-0.4, -0.2) is 16.0 Å². The largest absolute Gasteiger partial charge is 0.457 e. The summed E-state index contributed by atoms with van der Waals surface area (Å²) in [6.07, 6.45) is 1.60. The molecule has 1 amide bonds. The number of amides is 1. The normalized spacial score (nSPS) is 16.2. The second kappa shape index (κ2) is 8.58. The standard InChI is InChI=1S/C21H13Cl2N3O4S/c1-11-9-12(26(28)29)5-7-14(11)17-8-6-13(30-17)10-18-20(27)25-21(31-18)24-16-4-2-3-15(22)19(16)23/h2-10H,1H3,(H,24,25,27)/b18-10-.